The first-order valence-corrected chi connectivity index (χ1v) is 5.66. The second kappa shape index (κ2) is 7.80. The summed E-state index contributed by atoms with van der Waals surface area (Å²) in [5.74, 6) is 0.110. The van der Waals surface area contributed by atoms with E-state index in [2.05, 4.69) is 38.3 Å². The van der Waals surface area contributed by atoms with Crippen LogP contribution in [0.3, 0.4) is 0 Å². The highest BCUT2D eigenvalue weighted by Gasteiger charge is 2.08. The summed E-state index contributed by atoms with van der Waals surface area (Å²) in [4.78, 5) is 11.4. The molecule has 0 rings (SSSR count). The highest BCUT2D eigenvalue weighted by molar-refractivity contribution is 5.78. The van der Waals surface area contributed by atoms with Crippen LogP contribution >= 0.6 is 0 Å². The molecule has 0 spiro atoms. The predicted octanol–water partition coefficient (Wildman–Crippen LogP) is 1.68. The minimum atomic E-state index is 0.110. The summed E-state index contributed by atoms with van der Waals surface area (Å²) in [6, 6.07) is 0.753. The van der Waals surface area contributed by atoms with Gasteiger partial charge in [-0.25, -0.2) is 0 Å². The lowest BCUT2D eigenvalue weighted by molar-refractivity contribution is -0.121. The number of rotatable bonds is 7. The molecule has 0 aliphatic rings. The van der Waals surface area contributed by atoms with Gasteiger partial charge in [-0.05, 0) is 26.2 Å². The number of carbonyl (C=O) groups is 1. The molecule has 1 unspecified atom stereocenters. The van der Waals surface area contributed by atoms with E-state index in [0.29, 0.717) is 18.6 Å². The van der Waals surface area contributed by atoms with Crippen molar-refractivity contribution in [3.05, 3.63) is 0 Å². The highest BCUT2D eigenvalue weighted by atomic mass is 16.1. The van der Waals surface area contributed by atoms with Crippen molar-refractivity contribution in [3.63, 3.8) is 0 Å². The smallest absolute Gasteiger partial charge is 0.234 e. The van der Waals surface area contributed by atoms with Gasteiger partial charge in [0.1, 0.15) is 0 Å². The SMILES string of the molecule is CCC(C)NCC(=O)NC(CC)CC. The Kier molecular flexibility index (Phi) is 7.48. The number of nitrogens with one attached hydrogen (secondary N) is 2. The first-order chi connectivity index (χ1) is 6.63. The van der Waals surface area contributed by atoms with E-state index in [0.717, 1.165) is 19.3 Å². The summed E-state index contributed by atoms with van der Waals surface area (Å²) in [6.07, 6.45) is 3.06. The summed E-state index contributed by atoms with van der Waals surface area (Å²) >= 11 is 0. The van der Waals surface area contributed by atoms with Crippen molar-refractivity contribution < 1.29 is 4.79 Å². The molecule has 0 fully saturated rings. The Labute approximate surface area is 87.6 Å². The van der Waals surface area contributed by atoms with Crippen LogP contribution in [0, 0.1) is 0 Å². The standard InChI is InChI=1S/C11H24N2O/c1-5-9(4)12-8-11(14)13-10(6-2)7-3/h9-10,12H,5-8H2,1-4H3,(H,13,14). The molecule has 0 aliphatic carbocycles. The van der Waals surface area contributed by atoms with Gasteiger partial charge in [-0.2, -0.15) is 0 Å². The van der Waals surface area contributed by atoms with Crippen molar-refractivity contribution in [2.75, 3.05) is 6.54 Å². The molecular weight excluding hydrogens is 176 g/mol. The molecule has 2 N–H and O–H groups in total. The number of carbonyl (C=O) groups excluding carboxylic acids is 1. The summed E-state index contributed by atoms with van der Waals surface area (Å²) in [5.41, 5.74) is 0. The van der Waals surface area contributed by atoms with Crippen molar-refractivity contribution >= 4 is 5.91 Å². The van der Waals surface area contributed by atoms with Crippen LogP contribution in [0.1, 0.15) is 47.0 Å². The zero-order chi connectivity index (χ0) is 11.0. The average molecular weight is 200 g/mol. The zero-order valence-electron chi connectivity index (χ0n) is 9.89. The van der Waals surface area contributed by atoms with Crippen LogP contribution in [0.4, 0.5) is 0 Å². The van der Waals surface area contributed by atoms with Gasteiger partial charge in [0.2, 0.25) is 5.91 Å². The normalized spacial score (nSPS) is 12.9. The molecule has 3 nitrogen and oxygen atoms in total. The van der Waals surface area contributed by atoms with Gasteiger partial charge in [-0.3, -0.25) is 4.79 Å². The fourth-order valence-corrected chi connectivity index (χ4v) is 1.18. The number of hydrogen-bond donors (Lipinski definition) is 2. The quantitative estimate of drug-likeness (QED) is 0.656. The van der Waals surface area contributed by atoms with Gasteiger partial charge in [0.25, 0.3) is 0 Å². The van der Waals surface area contributed by atoms with Crippen molar-refractivity contribution in [2.45, 2.75) is 59.0 Å². The topological polar surface area (TPSA) is 41.1 Å². The second-order valence-corrected chi connectivity index (χ2v) is 3.77. The lowest BCUT2D eigenvalue weighted by Gasteiger charge is -2.16. The largest absolute Gasteiger partial charge is 0.352 e. The van der Waals surface area contributed by atoms with Crippen molar-refractivity contribution in [1.29, 1.82) is 0 Å². The van der Waals surface area contributed by atoms with Gasteiger partial charge in [0, 0.05) is 12.1 Å². The number of hydrogen-bond acceptors (Lipinski definition) is 2. The van der Waals surface area contributed by atoms with E-state index in [1.54, 1.807) is 0 Å². The molecule has 1 atom stereocenters. The monoisotopic (exact) mass is 200 g/mol. The van der Waals surface area contributed by atoms with Gasteiger partial charge >= 0.3 is 0 Å². The van der Waals surface area contributed by atoms with E-state index < -0.39 is 0 Å². The van der Waals surface area contributed by atoms with Crippen LogP contribution in [-0.4, -0.2) is 24.5 Å². The lowest BCUT2D eigenvalue weighted by atomic mass is 10.2. The van der Waals surface area contributed by atoms with Crippen LogP contribution in [-0.2, 0) is 4.79 Å². The maximum Gasteiger partial charge on any atom is 0.234 e. The molecule has 0 aliphatic heterocycles. The fourth-order valence-electron chi connectivity index (χ4n) is 1.18. The second-order valence-electron chi connectivity index (χ2n) is 3.77. The zero-order valence-corrected chi connectivity index (χ0v) is 9.89. The van der Waals surface area contributed by atoms with E-state index in [4.69, 9.17) is 0 Å². The third-order valence-corrected chi connectivity index (χ3v) is 2.57. The minimum Gasteiger partial charge on any atom is -0.352 e. The van der Waals surface area contributed by atoms with Gasteiger partial charge in [-0.1, -0.05) is 20.8 Å². The summed E-state index contributed by atoms with van der Waals surface area (Å²) in [7, 11) is 0. The van der Waals surface area contributed by atoms with Gasteiger partial charge in [0.05, 0.1) is 6.54 Å². The van der Waals surface area contributed by atoms with Crippen LogP contribution in [0.5, 0.6) is 0 Å². The molecule has 0 heterocycles. The van der Waals surface area contributed by atoms with Crippen LogP contribution in [0.25, 0.3) is 0 Å². The van der Waals surface area contributed by atoms with E-state index in [1.165, 1.54) is 0 Å². The molecular formula is C11H24N2O. The van der Waals surface area contributed by atoms with Crippen molar-refractivity contribution in [2.24, 2.45) is 0 Å². The Morgan fingerprint density at radius 2 is 1.71 bits per heavy atom. The Balaban J connectivity index is 3.64. The average Bonchev–Trinajstić information content (AvgIpc) is 2.22. The van der Waals surface area contributed by atoms with Crippen LogP contribution in [0.2, 0.25) is 0 Å². The third-order valence-electron chi connectivity index (χ3n) is 2.57. The number of amides is 1. The Morgan fingerprint density at radius 3 is 2.14 bits per heavy atom. The predicted molar refractivity (Wildman–Crippen MR) is 60.3 cm³/mol. The molecule has 0 saturated heterocycles. The molecule has 1 amide bonds. The van der Waals surface area contributed by atoms with Crippen LogP contribution in [0.15, 0.2) is 0 Å². The van der Waals surface area contributed by atoms with E-state index in [-0.39, 0.29) is 5.91 Å². The van der Waals surface area contributed by atoms with Crippen molar-refractivity contribution in [1.82, 2.24) is 10.6 Å². The first kappa shape index (κ1) is 13.4. The molecule has 3 heteroatoms. The molecule has 14 heavy (non-hydrogen) atoms. The molecule has 0 saturated carbocycles. The molecule has 0 aromatic rings. The lowest BCUT2D eigenvalue weighted by Crippen LogP contribution is -2.42. The molecule has 84 valence electrons. The molecule has 0 radical (unpaired) electrons. The molecule has 0 aromatic carbocycles. The van der Waals surface area contributed by atoms with Crippen molar-refractivity contribution in [3.8, 4) is 0 Å². The Morgan fingerprint density at radius 1 is 1.14 bits per heavy atom. The maximum absolute atomic E-state index is 11.4. The van der Waals surface area contributed by atoms with E-state index in [1.807, 2.05) is 0 Å². The van der Waals surface area contributed by atoms with E-state index >= 15 is 0 Å². The first-order valence-electron chi connectivity index (χ1n) is 5.66. The Bertz CT molecular complexity index is 155. The highest BCUT2D eigenvalue weighted by Crippen LogP contribution is 1.95. The Hall–Kier alpha value is -0.570. The third kappa shape index (κ3) is 5.97. The van der Waals surface area contributed by atoms with Crippen LogP contribution < -0.4 is 10.6 Å². The van der Waals surface area contributed by atoms with Gasteiger partial charge in [0.15, 0.2) is 0 Å². The van der Waals surface area contributed by atoms with Gasteiger partial charge < -0.3 is 10.6 Å². The maximum atomic E-state index is 11.4. The summed E-state index contributed by atoms with van der Waals surface area (Å²) < 4.78 is 0. The van der Waals surface area contributed by atoms with Gasteiger partial charge in [-0.15, -0.1) is 0 Å². The van der Waals surface area contributed by atoms with E-state index in [9.17, 15) is 4.79 Å². The summed E-state index contributed by atoms with van der Waals surface area (Å²) in [6.45, 7) is 8.82. The molecule has 0 bridgehead atoms. The minimum absolute atomic E-state index is 0.110. The molecule has 0 aromatic heterocycles. The fraction of sp³-hybridized carbons (Fsp3) is 0.909. The summed E-state index contributed by atoms with van der Waals surface area (Å²) in [5, 5.41) is 6.17.